The summed E-state index contributed by atoms with van der Waals surface area (Å²) in [6.45, 7) is 2.16. The molecule has 1 aliphatic rings. The van der Waals surface area contributed by atoms with Crippen LogP contribution in [0.4, 0.5) is 0 Å². The number of methoxy groups -OCH3 is 1. The smallest absolute Gasteiger partial charge is 0.204 e. The largest absolute Gasteiger partial charge is 0.495 e. The van der Waals surface area contributed by atoms with Crippen LogP contribution in [0.2, 0.25) is 0 Å². The molecule has 1 aromatic carbocycles. The van der Waals surface area contributed by atoms with Crippen LogP contribution in [0.25, 0.3) is 16.4 Å². The first-order chi connectivity index (χ1) is 13.2. The number of benzene rings is 1. The number of para-hydroxylation sites is 2. The standard InChI is InChI=1S/C19H22N4O2S2/c1-25-16-8-3-2-7-15(16)23-18(17-9-5-11-27-17)20-22(19(23)26)13-21-10-4-6-14(24)12-21/h2-3,5,7-9,11,14,24H,4,6,10,12-13H2,1H3/t14-/m0/s1. The van der Waals surface area contributed by atoms with E-state index in [4.69, 9.17) is 22.1 Å². The van der Waals surface area contributed by atoms with Gasteiger partial charge in [0.2, 0.25) is 4.77 Å². The molecule has 1 saturated heterocycles. The molecule has 0 aliphatic carbocycles. The molecular formula is C19H22N4O2S2. The average Bonchev–Trinajstić information content (AvgIpc) is 3.31. The predicted molar refractivity (Wildman–Crippen MR) is 109 cm³/mol. The number of piperidine rings is 1. The molecule has 1 aliphatic heterocycles. The molecule has 4 rings (SSSR count). The molecule has 8 heteroatoms. The fraction of sp³-hybridized carbons (Fsp3) is 0.368. The first-order valence-electron chi connectivity index (χ1n) is 8.95. The SMILES string of the molecule is COc1ccccc1-n1c(-c2cccs2)nn(CN2CCC[C@H](O)C2)c1=S. The van der Waals surface area contributed by atoms with Crippen LogP contribution < -0.4 is 4.74 Å². The Hall–Kier alpha value is -2.00. The van der Waals surface area contributed by atoms with E-state index in [0.29, 0.717) is 18.0 Å². The van der Waals surface area contributed by atoms with Gasteiger partial charge in [0.15, 0.2) is 5.82 Å². The van der Waals surface area contributed by atoms with Crippen LogP contribution >= 0.6 is 23.6 Å². The molecular weight excluding hydrogens is 380 g/mol. The Morgan fingerprint density at radius 3 is 2.89 bits per heavy atom. The highest BCUT2D eigenvalue weighted by Crippen LogP contribution is 2.31. The average molecular weight is 403 g/mol. The van der Waals surface area contributed by atoms with E-state index in [2.05, 4.69) is 4.90 Å². The zero-order valence-electron chi connectivity index (χ0n) is 15.1. The zero-order valence-corrected chi connectivity index (χ0v) is 16.7. The molecule has 0 bridgehead atoms. The van der Waals surface area contributed by atoms with Crippen LogP contribution in [0.3, 0.4) is 0 Å². The maximum atomic E-state index is 9.97. The van der Waals surface area contributed by atoms with Crippen molar-refractivity contribution in [3.05, 3.63) is 46.5 Å². The van der Waals surface area contributed by atoms with Crippen molar-refractivity contribution in [2.24, 2.45) is 0 Å². The van der Waals surface area contributed by atoms with Crippen molar-refractivity contribution >= 4 is 23.6 Å². The van der Waals surface area contributed by atoms with E-state index >= 15 is 0 Å². The number of aliphatic hydroxyl groups excluding tert-OH is 1. The second kappa shape index (κ2) is 7.93. The van der Waals surface area contributed by atoms with Crippen molar-refractivity contribution in [3.8, 4) is 22.1 Å². The number of nitrogens with zero attached hydrogens (tertiary/aromatic N) is 4. The molecule has 1 atom stereocenters. The molecule has 2 aromatic heterocycles. The second-order valence-corrected chi connectivity index (χ2v) is 7.92. The van der Waals surface area contributed by atoms with Gasteiger partial charge in [-0.2, -0.15) is 0 Å². The number of ether oxygens (including phenoxy) is 1. The fourth-order valence-electron chi connectivity index (χ4n) is 3.45. The quantitative estimate of drug-likeness (QED) is 0.662. The number of hydrogen-bond donors (Lipinski definition) is 1. The van der Waals surface area contributed by atoms with Gasteiger partial charge in [0.1, 0.15) is 5.75 Å². The van der Waals surface area contributed by atoms with Gasteiger partial charge in [0.25, 0.3) is 0 Å². The van der Waals surface area contributed by atoms with E-state index in [1.807, 2.05) is 51.0 Å². The van der Waals surface area contributed by atoms with E-state index in [9.17, 15) is 5.11 Å². The topological polar surface area (TPSA) is 55.5 Å². The van der Waals surface area contributed by atoms with Crippen LogP contribution in [0.15, 0.2) is 41.8 Å². The van der Waals surface area contributed by atoms with Crippen LogP contribution in [0, 0.1) is 4.77 Å². The summed E-state index contributed by atoms with van der Waals surface area (Å²) >= 11 is 7.43. The fourth-order valence-corrected chi connectivity index (χ4v) is 4.43. The van der Waals surface area contributed by atoms with Crippen molar-refractivity contribution in [2.75, 3.05) is 20.2 Å². The van der Waals surface area contributed by atoms with Gasteiger partial charge in [-0.3, -0.25) is 9.47 Å². The highest BCUT2D eigenvalue weighted by atomic mass is 32.1. The van der Waals surface area contributed by atoms with E-state index in [1.165, 1.54) is 0 Å². The Morgan fingerprint density at radius 1 is 1.30 bits per heavy atom. The summed E-state index contributed by atoms with van der Waals surface area (Å²) in [5, 5.41) is 16.8. The molecule has 0 saturated carbocycles. The number of aliphatic hydroxyl groups is 1. The summed E-state index contributed by atoms with van der Waals surface area (Å²) < 4.78 is 9.98. The molecule has 27 heavy (non-hydrogen) atoms. The molecule has 3 aromatic rings. The molecule has 3 heterocycles. The van der Waals surface area contributed by atoms with Crippen molar-refractivity contribution in [3.63, 3.8) is 0 Å². The van der Waals surface area contributed by atoms with Gasteiger partial charge in [-0.25, -0.2) is 4.68 Å². The molecule has 1 N–H and O–H groups in total. The minimum absolute atomic E-state index is 0.277. The van der Waals surface area contributed by atoms with Gasteiger partial charge in [-0.15, -0.1) is 16.4 Å². The van der Waals surface area contributed by atoms with E-state index < -0.39 is 0 Å². The van der Waals surface area contributed by atoms with E-state index in [0.717, 1.165) is 41.5 Å². The normalized spacial score (nSPS) is 17.9. The van der Waals surface area contributed by atoms with Crippen LogP contribution in [-0.2, 0) is 6.67 Å². The van der Waals surface area contributed by atoms with Gasteiger partial charge >= 0.3 is 0 Å². The van der Waals surface area contributed by atoms with Crippen LogP contribution in [0.1, 0.15) is 12.8 Å². The number of thiophene rings is 1. The van der Waals surface area contributed by atoms with Crippen molar-refractivity contribution in [2.45, 2.75) is 25.6 Å². The van der Waals surface area contributed by atoms with Crippen molar-refractivity contribution in [1.29, 1.82) is 0 Å². The third-order valence-corrected chi connectivity index (χ3v) is 5.98. The predicted octanol–water partition coefficient (Wildman–Crippen LogP) is 3.55. The van der Waals surface area contributed by atoms with Gasteiger partial charge in [0, 0.05) is 13.1 Å². The zero-order chi connectivity index (χ0) is 18.8. The summed E-state index contributed by atoms with van der Waals surface area (Å²) in [6.07, 6.45) is 1.57. The Kier molecular flexibility index (Phi) is 5.40. The monoisotopic (exact) mass is 402 g/mol. The Labute approximate surface area is 167 Å². The maximum absolute atomic E-state index is 9.97. The van der Waals surface area contributed by atoms with Gasteiger partial charge in [-0.05, 0) is 48.6 Å². The molecule has 0 spiro atoms. The first-order valence-corrected chi connectivity index (χ1v) is 10.2. The summed E-state index contributed by atoms with van der Waals surface area (Å²) in [4.78, 5) is 3.24. The lowest BCUT2D eigenvalue weighted by Gasteiger charge is -2.29. The highest BCUT2D eigenvalue weighted by molar-refractivity contribution is 7.71. The first kappa shape index (κ1) is 18.4. The summed E-state index contributed by atoms with van der Waals surface area (Å²) in [5.74, 6) is 1.55. The second-order valence-electron chi connectivity index (χ2n) is 6.60. The molecule has 0 unspecified atom stereocenters. The molecule has 6 nitrogen and oxygen atoms in total. The lowest BCUT2D eigenvalue weighted by molar-refractivity contribution is 0.0513. The third kappa shape index (κ3) is 3.70. The maximum Gasteiger partial charge on any atom is 0.204 e. The highest BCUT2D eigenvalue weighted by Gasteiger charge is 2.22. The van der Waals surface area contributed by atoms with Gasteiger partial charge in [-0.1, -0.05) is 18.2 Å². The van der Waals surface area contributed by atoms with Gasteiger partial charge in [0.05, 0.1) is 30.4 Å². The minimum atomic E-state index is -0.277. The third-order valence-electron chi connectivity index (χ3n) is 4.72. The number of aromatic nitrogens is 3. The van der Waals surface area contributed by atoms with Crippen molar-refractivity contribution < 1.29 is 9.84 Å². The van der Waals surface area contributed by atoms with Gasteiger partial charge < -0.3 is 9.84 Å². The summed E-state index contributed by atoms with van der Waals surface area (Å²) in [7, 11) is 1.66. The van der Waals surface area contributed by atoms with E-state index in [-0.39, 0.29) is 6.10 Å². The molecule has 0 radical (unpaired) electrons. The Morgan fingerprint density at radius 2 is 2.15 bits per heavy atom. The Bertz CT molecular complexity index is 965. The van der Waals surface area contributed by atoms with E-state index in [1.54, 1.807) is 18.4 Å². The molecule has 0 amide bonds. The lowest BCUT2D eigenvalue weighted by atomic mass is 10.1. The molecule has 1 fully saturated rings. The molecule has 142 valence electrons. The summed E-state index contributed by atoms with van der Waals surface area (Å²) in [6, 6.07) is 11.9. The number of likely N-dealkylation sites (tertiary alicyclic amines) is 1. The lowest BCUT2D eigenvalue weighted by Crippen LogP contribution is -2.39. The van der Waals surface area contributed by atoms with Crippen LogP contribution in [-0.4, -0.2) is 50.7 Å². The summed E-state index contributed by atoms with van der Waals surface area (Å²) in [5.41, 5.74) is 0.873. The number of rotatable bonds is 5. The Balaban J connectivity index is 1.80. The number of β-amino-alcohol motifs (C(OH)–C–C–N with tert-alkyl or cyclic N) is 1. The van der Waals surface area contributed by atoms with Crippen molar-refractivity contribution in [1.82, 2.24) is 19.2 Å². The van der Waals surface area contributed by atoms with Crippen LogP contribution in [0.5, 0.6) is 5.75 Å². The number of hydrogen-bond acceptors (Lipinski definition) is 6. The minimum Gasteiger partial charge on any atom is -0.495 e.